The molecule has 3 N–H and O–H groups in total. The van der Waals surface area contributed by atoms with Crippen molar-refractivity contribution in [1.82, 2.24) is 5.32 Å². The molecule has 1 rings (SSSR count). The van der Waals surface area contributed by atoms with Crippen LogP contribution < -0.4 is 5.32 Å². The molecule has 0 aliphatic rings. The predicted octanol–water partition coefficient (Wildman–Crippen LogP) is 1.07. The van der Waals surface area contributed by atoms with Gasteiger partial charge in [-0.25, -0.2) is 4.39 Å². The maximum Gasteiger partial charge on any atom is 0.244 e. The molecule has 0 unspecified atom stereocenters. The Morgan fingerprint density at radius 3 is 2.72 bits per heavy atom. The second kappa shape index (κ2) is 7.25. The Hall–Kier alpha value is -1.24. The van der Waals surface area contributed by atoms with Gasteiger partial charge in [-0.2, -0.15) is 0 Å². The second-order valence-electron chi connectivity index (χ2n) is 3.57. The first-order valence-electron chi connectivity index (χ1n) is 5.22. The zero-order valence-corrected chi connectivity index (χ0v) is 11.0. The lowest BCUT2D eigenvalue weighted by atomic mass is 10.2. The number of halogens is 2. The normalized spacial score (nSPS) is 11.2. The number of carbonyl (C=O) groups is 1. The van der Waals surface area contributed by atoms with Crippen molar-refractivity contribution in [2.75, 3.05) is 13.2 Å². The topological polar surface area (TPSA) is 69.6 Å². The molecular weight excluding hydrogens is 305 g/mol. The van der Waals surface area contributed by atoms with Crippen molar-refractivity contribution in [2.24, 2.45) is 0 Å². The Morgan fingerprint density at radius 1 is 1.44 bits per heavy atom. The lowest BCUT2D eigenvalue weighted by Crippen LogP contribution is -2.39. The Kier molecular flexibility index (Phi) is 5.97. The van der Waals surface area contributed by atoms with Crippen molar-refractivity contribution in [1.29, 1.82) is 0 Å². The highest BCUT2D eigenvalue weighted by Crippen LogP contribution is 2.16. The van der Waals surface area contributed by atoms with Crippen LogP contribution in [0.25, 0.3) is 6.08 Å². The van der Waals surface area contributed by atoms with Gasteiger partial charge in [-0.15, -0.1) is 0 Å². The van der Waals surface area contributed by atoms with Crippen LogP contribution in [-0.4, -0.2) is 35.4 Å². The SMILES string of the molecule is O=C(C=Cc1cc(Br)ccc1F)NC(CO)CO. The van der Waals surface area contributed by atoms with Gasteiger partial charge in [-0.3, -0.25) is 4.79 Å². The summed E-state index contributed by atoms with van der Waals surface area (Å²) < 4.78 is 14.0. The van der Waals surface area contributed by atoms with Gasteiger partial charge >= 0.3 is 0 Å². The highest BCUT2D eigenvalue weighted by molar-refractivity contribution is 9.10. The minimum absolute atomic E-state index is 0.268. The maximum atomic E-state index is 13.3. The molecule has 0 aromatic heterocycles. The number of rotatable bonds is 5. The number of aliphatic hydroxyl groups excluding tert-OH is 2. The molecule has 4 nitrogen and oxygen atoms in total. The van der Waals surface area contributed by atoms with Crippen LogP contribution in [0.15, 0.2) is 28.7 Å². The van der Waals surface area contributed by atoms with Crippen LogP contribution in [0.4, 0.5) is 4.39 Å². The van der Waals surface area contributed by atoms with Crippen molar-refractivity contribution in [3.05, 3.63) is 40.1 Å². The van der Waals surface area contributed by atoms with E-state index < -0.39 is 17.8 Å². The van der Waals surface area contributed by atoms with E-state index in [1.54, 1.807) is 6.07 Å². The summed E-state index contributed by atoms with van der Waals surface area (Å²) in [6.07, 6.45) is 2.46. The predicted molar refractivity (Wildman–Crippen MR) is 69.2 cm³/mol. The fraction of sp³-hybridized carbons (Fsp3) is 0.250. The van der Waals surface area contributed by atoms with E-state index in [0.717, 1.165) is 6.08 Å². The first-order chi connectivity index (χ1) is 8.56. The van der Waals surface area contributed by atoms with Gasteiger partial charge < -0.3 is 15.5 Å². The fourth-order valence-corrected chi connectivity index (χ4v) is 1.58. The summed E-state index contributed by atoms with van der Waals surface area (Å²) in [4.78, 5) is 11.4. The minimum Gasteiger partial charge on any atom is -0.394 e. The molecule has 0 spiro atoms. The summed E-state index contributed by atoms with van der Waals surface area (Å²) in [5.74, 6) is -0.953. The van der Waals surface area contributed by atoms with Gasteiger partial charge in [0, 0.05) is 16.1 Å². The zero-order valence-electron chi connectivity index (χ0n) is 9.44. The molecule has 0 atom stereocenters. The molecule has 0 saturated carbocycles. The van der Waals surface area contributed by atoms with Crippen molar-refractivity contribution >= 4 is 27.9 Å². The van der Waals surface area contributed by atoms with Crippen molar-refractivity contribution in [2.45, 2.75) is 6.04 Å². The first kappa shape index (κ1) is 14.8. The van der Waals surface area contributed by atoms with Crippen molar-refractivity contribution < 1.29 is 19.4 Å². The molecule has 0 aliphatic carbocycles. The van der Waals surface area contributed by atoms with Crippen LogP contribution >= 0.6 is 15.9 Å². The third-order valence-electron chi connectivity index (χ3n) is 2.16. The van der Waals surface area contributed by atoms with E-state index in [-0.39, 0.29) is 18.8 Å². The monoisotopic (exact) mass is 317 g/mol. The van der Waals surface area contributed by atoms with E-state index in [1.807, 2.05) is 0 Å². The molecule has 0 bridgehead atoms. The summed E-state index contributed by atoms with van der Waals surface area (Å²) in [6.45, 7) is -0.720. The van der Waals surface area contributed by atoms with Gasteiger partial charge in [-0.1, -0.05) is 15.9 Å². The molecular formula is C12H13BrFNO3. The number of benzene rings is 1. The molecule has 1 aromatic rings. The number of nitrogens with one attached hydrogen (secondary N) is 1. The first-order valence-corrected chi connectivity index (χ1v) is 6.01. The van der Waals surface area contributed by atoms with Gasteiger partial charge in [-0.05, 0) is 24.3 Å². The van der Waals surface area contributed by atoms with E-state index >= 15 is 0 Å². The molecule has 0 radical (unpaired) electrons. The molecule has 1 aromatic carbocycles. The van der Waals surface area contributed by atoms with Crippen LogP contribution in [0.5, 0.6) is 0 Å². The van der Waals surface area contributed by atoms with Crippen molar-refractivity contribution in [3.8, 4) is 0 Å². The van der Waals surface area contributed by atoms with E-state index in [9.17, 15) is 9.18 Å². The van der Waals surface area contributed by atoms with Crippen LogP contribution in [0, 0.1) is 5.82 Å². The lowest BCUT2D eigenvalue weighted by molar-refractivity contribution is -0.117. The zero-order chi connectivity index (χ0) is 13.5. The van der Waals surface area contributed by atoms with E-state index in [4.69, 9.17) is 10.2 Å². The standard InChI is InChI=1S/C12H13BrFNO3/c13-9-2-3-11(14)8(5-9)1-4-12(18)15-10(6-16)7-17/h1-5,10,16-17H,6-7H2,(H,15,18). The largest absolute Gasteiger partial charge is 0.394 e. The Morgan fingerprint density at radius 2 is 2.11 bits per heavy atom. The molecule has 6 heteroatoms. The number of hydrogen-bond donors (Lipinski definition) is 3. The fourth-order valence-electron chi connectivity index (χ4n) is 1.21. The third kappa shape index (κ3) is 4.56. The van der Waals surface area contributed by atoms with Crippen LogP contribution in [0.3, 0.4) is 0 Å². The van der Waals surface area contributed by atoms with Crippen LogP contribution in [0.2, 0.25) is 0 Å². The van der Waals surface area contributed by atoms with E-state index in [1.165, 1.54) is 18.2 Å². The highest BCUT2D eigenvalue weighted by atomic mass is 79.9. The lowest BCUT2D eigenvalue weighted by Gasteiger charge is -2.10. The second-order valence-corrected chi connectivity index (χ2v) is 4.49. The molecule has 0 aliphatic heterocycles. The third-order valence-corrected chi connectivity index (χ3v) is 2.65. The molecule has 98 valence electrons. The number of carbonyl (C=O) groups excluding carboxylic acids is 1. The molecule has 1 amide bonds. The number of amides is 1. The van der Waals surface area contributed by atoms with Gasteiger partial charge in [0.15, 0.2) is 0 Å². The van der Waals surface area contributed by atoms with Gasteiger partial charge in [0.1, 0.15) is 5.82 Å². The summed E-state index contributed by atoms with van der Waals surface area (Å²) in [5.41, 5.74) is 0.268. The molecule has 18 heavy (non-hydrogen) atoms. The Balaban J connectivity index is 2.68. The highest BCUT2D eigenvalue weighted by Gasteiger charge is 2.07. The summed E-state index contributed by atoms with van der Waals surface area (Å²) >= 11 is 3.20. The summed E-state index contributed by atoms with van der Waals surface area (Å²) in [7, 11) is 0. The van der Waals surface area contributed by atoms with Crippen molar-refractivity contribution in [3.63, 3.8) is 0 Å². The average molecular weight is 318 g/mol. The van der Waals surface area contributed by atoms with Gasteiger partial charge in [0.05, 0.1) is 19.3 Å². The summed E-state index contributed by atoms with van der Waals surface area (Å²) in [6, 6.07) is 3.66. The smallest absolute Gasteiger partial charge is 0.244 e. The van der Waals surface area contributed by atoms with E-state index in [2.05, 4.69) is 21.2 Å². The quantitative estimate of drug-likeness (QED) is 0.712. The maximum absolute atomic E-state index is 13.3. The Labute approximate surface area is 112 Å². The minimum atomic E-state index is -0.713. The average Bonchev–Trinajstić information content (AvgIpc) is 2.37. The number of aliphatic hydroxyl groups is 2. The molecule has 0 saturated heterocycles. The molecule has 0 heterocycles. The van der Waals surface area contributed by atoms with Crippen LogP contribution in [0.1, 0.15) is 5.56 Å². The van der Waals surface area contributed by atoms with Gasteiger partial charge in [0.2, 0.25) is 5.91 Å². The van der Waals surface area contributed by atoms with Crippen LogP contribution in [-0.2, 0) is 4.79 Å². The number of hydrogen-bond acceptors (Lipinski definition) is 3. The van der Waals surface area contributed by atoms with Gasteiger partial charge in [0.25, 0.3) is 0 Å². The van der Waals surface area contributed by atoms with E-state index in [0.29, 0.717) is 4.47 Å². The molecule has 0 fully saturated rings. The summed E-state index contributed by atoms with van der Waals surface area (Å²) in [5, 5.41) is 19.9. The Bertz CT molecular complexity index is 447.